The van der Waals surface area contributed by atoms with E-state index in [1.54, 1.807) is 11.3 Å². The molecule has 0 bridgehead atoms. The number of aryl methyl sites for hydroxylation is 1. The Balaban J connectivity index is 1.53. The maximum Gasteiger partial charge on any atom is 0.244 e. The van der Waals surface area contributed by atoms with Gasteiger partial charge in [-0.3, -0.25) is 4.79 Å². The number of aromatic nitrogens is 2. The number of nitrogens with zero attached hydrogens (tertiary/aromatic N) is 2. The molecule has 4 nitrogen and oxygen atoms in total. The van der Waals surface area contributed by atoms with Crippen LogP contribution in [-0.2, 0) is 11.3 Å². The smallest absolute Gasteiger partial charge is 0.244 e. The number of amides is 1. The summed E-state index contributed by atoms with van der Waals surface area (Å²) in [5, 5.41) is 5.94. The average Bonchev–Trinajstić information content (AvgIpc) is 3.33. The Kier molecular flexibility index (Phi) is 4.85. The molecular weight excluding hydrogens is 354 g/mol. The van der Waals surface area contributed by atoms with E-state index in [0.29, 0.717) is 0 Å². The SMILES string of the molecule is Cc1ccccc1NC(=O)Cn1cccc1-c1nc(-c2ccccc2)cs1. The second-order valence-corrected chi connectivity index (χ2v) is 7.15. The average molecular weight is 373 g/mol. The minimum atomic E-state index is -0.0541. The molecule has 5 heteroatoms. The van der Waals surface area contributed by atoms with Crippen LogP contribution in [-0.4, -0.2) is 15.5 Å². The largest absolute Gasteiger partial charge is 0.336 e. The van der Waals surface area contributed by atoms with Gasteiger partial charge in [0.15, 0.2) is 0 Å². The predicted molar refractivity (Wildman–Crippen MR) is 111 cm³/mol. The van der Waals surface area contributed by atoms with Crippen molar-refractivity contribution in [3.05, 3.63) is 83.9 Å². The first-order valence-corrected chi connectivity index (χ1v) is 9.60. The molecule has 4 aromatic rings. The molecule has 0 atom stereocenters. The third-order valence-corrected chi connectivity index (χ3v) is 5.22. The van der Waals surface area contributed by atoms with Gasteiger partial charge < -0.3 is 9.88 Å². The molecule has 0 unspecified atom stereocenters. The Hall–Kier alpha value is -3.18. The van der Waals surface area contributed by atoms with Gasteiger partial charge in [-0.15, -0.1) is 11.3 Å². The van der Waals surface area contributed by atoms with Crippen LogP contribution in [0.5, 0.6) is 0 Å². The summed E-state index contributed by atoms with van der Waals surface area (Å²) in [7, 11) is 0. The fourth-order valence-electron chi connectivity index (χ4n) is 2.94. The van der Waals surface area contributed by atoms with Crippen molar-refractivity contribution >= 4 is 22.9 Å². The van der Waals surface area contributed by atoms with Gasteiger partial charge in [-0.25, -0.2) is 4.98 Å². The van der Waals surface area contributed by atoms with E-state index in [-0.39, 0.29) is 12.5 Å². The number of thiazole rings is 1. The topological polar surface area (TPSA) is 46.9 Å². The highest BCUT2D eigenvalue weighted by atomic mass is 32.1. The van der Waals surface area contributed by atoms with Crippen molar-refractivity contribution in [3.8, 4) is 22.0 Å². The molecule has 0 aliphatic heterocycles. The van der Waals surface area contributed by atoms with Crippen molar-refractivity contribution in [2.24, 2.45) is 0 Å². The summed E-state index contributed by atoms with van der Waals surface area (Å²) in [5.41, 5.74) is 4.88. The quantitative estimate of drug-likeness (QED) is 0.521. The summed E-state index contributed by atoms with van der Waals surface area (Å²) in [6.45, 7) is 2.23. The Labute approximate surface area is 162 Å². The van der Waals surface area contributed by atoms with Gasteiger partial charge in [0.05, 0.1) is 11.4 Å². The van der Waals surface area contributed by atoms with Gasteiger partial charge in [0.25, 0.3) is 0 Å². The lowest BCUT2D eigenvalue weighted by molar-refractivity contribution is -0.116. The van der Waals surface area contributed by atoms with Crippen LogP contribution in [0.2, 0.25) is 0 Å². The molecule has 0 aliphatic carbocycles. The summed E-state index contributed by atoms with van der Waals surface area (Å²) < 4.78 is 1.93. The Morgan fingerprint density at radius 1 is 1.04 bits per heavy atom. The van der Waals surface area contributed by atoms with E-state index in [4.69, 9.17) is 4.98 Å². The summed E-state index contributed by atoms with van der Waals surface area (Å²) in [6, 6.07) is 21.8. The van der Waals surface area contributed by atoms with E-state index in [1.165, 1.54) is 0 Å². The molecule has 1 amide bonds. The number of nitrogens with one attached hydrogen (secondary N) is 1. The second kappa shape index (κ2) is 7.60. The first-order chi connectivity index (χ1) is 13.2. The van der Waals surface area contributed by atoms with Crippen molar-refractivity contribution in [3.63, 3.8) is 0 Å². The van der Waals surface area contributed by atoms with E-state index < -0.39 is 0 Å². The van der Waals surface area contributed by atoms with Crippen LogP contribution in [0.15, 0.2) is 78.3 Å². The van der Waals surface area contributed by atoms with Crippen molar-refractivity contribution in [1.29, 1.82) is 0 Å². The molecule has 27 heavy (non-hydrogen) atoms. The van der Waals surface area contributed by atoms with Gasteiger partial charge in [0, 0.05) is 22.8 Å². The van der Waals surface area contributed by atoms with E-state index in [2.05, 4.69) is 10.7 Å². The Morgan fingerprint density at radius 2 is 1.81 bits per heavy atom. The molecule has 0 saturated carbocycles. The number of carbonyl (C=O) groups excluding carboxylic acids is 1. The second-order valence-electron chi connectivity index (χ2n) is 6.29. The molecule has 0 saturated heterocycles. The van der Waals surface area contributed by atoms with E-state index >= 15 is 0 Å². The molecule has 2 aromatic heterocycles. The minimum Gasteiger partial charge on any atom is -0.336 e. The van der Waals surface area contributed by atoms with Crippen LogP contribution in [0.1, 0.15) is 5.56 Å². The normalized spacial score (nSPS) is 10.7. The predicted octanol–water partition coefficient (Wildman–Crippen LogP) is 5.23. The highest BCUT2D eigenvalue weighted by Crippen LogP contribution is 2.29. The van der Waals surface area contributed by atoms with E-state index in [1.807, 2.05) is 84.4 Å². The lowest BCUT2D eigenvalue weighted by atomic mass is 10.2. The van der Waals surface area contributed by atoms with Gasteiger partial charge in [-0.2, -0.15) is 0 Å². The lowest BCUT2D eigenvalue weighted by Crippen LogP contribution is -2.19. The maximum atomic E-state index is 12.5. The number of para-hydroxylation sites is 1. The van der Waals surface area contributed by atoms with Crippen LogP contribution in [0.4, 0.5) is 5.69 Å². The molecule has 134 valence electrons. The molecule has 2 heterocycles. The van der Waals surface area contributed by atoms with Crippen LogP contribution in [0.25, 0.3) is 22.0 Å². The highest BCUT2D eigenvalue weighted by molar-refractivity contribution is 7.13. The van der Waals surface area contributed by atoms with Gasteiger partial charge in [0.2, 0.25) is 5.91 Å². The summed E-state index contributed by atoms with van der Waals surface area (Å²) in [6.07, 6.45) is 1.91. The number of benzene rings is 2. The number of anilines is 1. The number of carbonyl (C=O) groups is 1. The van der Waals surface area contributed by atoms with Crippen LogP contribution in [0.3, 0.4) is 0 Å². The molecule has 4 rings (SSSR count). The van der Waals surface area contributed by atoms with Crippen molar-refractivity contribution < 1.29 is 4.79 Å². The fraction of sp³-hybridized carbons (Fsp3) is 0.0909. The first kappa shape index (κ1) is 17.2. The summed E-state index contributed by atoms with van der Waals surface area (Å²) in [4.78, 5) is 17.2. The standard InChI is InChI=1S/C22H19N3OS/c1-16-8-5-6-11-18(16)23-21(26)14-25-13-7-12-20(25)22-24-19(15-27-22)17-9-3-2-4-10-17/h2-13,15H,14H2,1H3,(H,23,26). The molecular formula is C22H19N3OS. The number of hydrogen-bond donors (Lipinski definition) is 1. The molecule has 0 radical (unpaired) electrons. The number of hydrogen-bond acceptors (Lipinski definition) is 3. The third kappa shape index (κ3) is 3.83. The Bertz CT molecular complexity index is 1070. The molecule has 0 spiro atoms. The summed E-state index contributed by atoms with van der Waals surface area (Å²) >= 11 is 1.59. The highest BCUT2D eigenvalue weighted by Gasteiger charge is 2.13. The molecule has 0 aliphatic rings. The molecule has 0 fully saturated rings. The zero-order valence-electron chi connectivity index (χ0n) is 14.9. The minimum absolute atomic E-state index is 0.0541. The van der Waals surface area contributed by atoms with Crippen LogP contribution in [0, 0.1) is 6.92 Å². The lowest BCUT2D eigenvalue weighted by Gasteiger charge is -2.10. The van der Waals surface area contributed by atoms with Gasteiger partial charge in [-0.05, 0) is 30.7 Å². The molecule has 1 N–H and O–H groups in total. The van der Waals surface area contributed by atoms with Gasteiger partial charge >= 0.3 is 0 Å². The summed E-state index contributed by atoms with van der Waals surface area (Å²) in [5.74, 6) is -0.0541. The van der Waals surface area contributed by atoms with Crippen molar-refractivity contribution in [2.45, 2.75) is 13.5 Å². The van der Waals surface area contributed by atoms with Gasteiger partial charge in [-0.1, -0.05) is 48.5 Å². The zero-order chi connectivity index (χ0) is 18.6. The molecule has 2 aromatic carbocycles. The first-order valence-electron chi connectivity index (χ1n) is 8.72. The van der Waals surface area contributed by atoms with Crippen molar-refractivity contribution in [1.82, 2.24) is 9.55 Å². The maximum absolute atomic E-state index is 12.5. The van der Waals surface area contributed by atoms with E-state index in [9.17, 15) is 4.79 Å². The van der Waals surface area contributed by atoms with Crippen molar-refractivity contribution in [2.75, 3.05) is 5.32 Å². The number of rotatable bonds is 5. The zero-order valence-corrected chi connectivity index (χ0v) is 15.7. The third-order valence-electron chi connectivity index (χ3n) is 4.36. The Morgan fingerprint density at radius 3 is 2.63 bits per heavy atom. The van der Waals surface area contributed by atoms with E-state index in [0.717, 1.165) is 33.2 Å². The van der Waals surface area contributed by atoms with Crippen LogP contribution < -0.4 is 5.32 Å². The van der Waals surface area contributed by atoms with Gasteiger partial charge in [0.1, 0.15) is 11.6 Å². The fourth-order valence-corrected chi connectivity index (χ4v) is 3.81. The van der Waals surface area contributed by atoms with Crippen LogP contribution >= 0.6 is 11.3 Å². The monoisotopic (exact) mass is 373 g/mol.